The van der Waals surface area contributed by atoms with E-state index in [-0.39, 0.29) is 18.1 Å². The average molecular weight is 501 g/mol. The summed E-state index contributed by atoms with van der Waals surface area (Å²) in [6, 6.07) is 11.6. The first kappa shape index (κ1) is 25.7. The van der Waals surface area contributed by atoms with E-state index < -0.39 is 0 Å². The van der Waals surface area contributed by atoms with Crippen LogP contribution in [0.15, 0.2) is 71.3 Å². The van der Waals surface area contributed by atoms with Gasteiger partial charge in [0.1, 0.15) is 24.8 Å². The first-order chi connectivity index (χ1) is 17.9. The molecule has 3 aromatic rings. The van der Waals surface area contributed by atoms with Crippen LogP contribution in [0.4, 0.5) is 11.4 Å². The lowest BCUT2D eigenvalue weighted by atomic mass is 10.1. The minimum atomic E-state index is -0.351. The molecule has 1 saturated carbocycles. The van der Waals surface area contributed by atoms with Gasteiger partial charge in [-0.1, -0.05) is 24.8 Å². The molecule has 1 aromatic heterocycles. The Labute approximate surface area is 216 Å². The van der Waals surface area contributed by atoms with Crippen LogP contribution < -0.4 is 25.8 Å². The van der Waals surface area contributed by atoms with Gasteiger partial charge in [0.25, 0.3) is 0 Å². The number of benzene rings is 2. The normalized spacial score (nSPS) is 14.4. The minimum absolute atomic E-state index is 0.258. The highest BCUT2D eigenvalue weighted by Crippen LogP contribution is 2.39. The molecule has 4 rings (SSSR count). The fraction of sp³-hybridized carbons (Fsp3) is 0.250. The quantitative estimate of drug-likeness (QED) is 0.252. The van der Waals surface area contributed by atoms with Crippen molar-refractivity contribution in [2.24, 2.45) is 22.8 Å². The Morgan fingerprint density at radius 2 is 2.03 bits per heavy atom. The first-order valence-electron chi connectivity index (χ1n) is 11.9. The molecule has 0 bridgehead atoms. The van der Waals surface area contributed by atoms with Crippen molar-refractivity contribution in [2.75, 3.05) is 31.0 Å². The van der Waals surface area contributed by atoms with Crippen molar-refractivity contribution >= 4 is 46.8 Å². The van der Waals surface area contributed by atoms with Gasteiger partial charge in [-0.2, -0.15) is 0 Å². The zero-order valence-electron chi connectivity index (χ0n) is 21.2. The number of hydrogen-bond donors (Lipinski definition) is 3. The number of aromatic nitrogens is 1. The number of fused-ring (bicyclic) bond motifs is 1. The number of nitrogens with zero attached hydrogens (tertiary/aromatic N) is 3. The van der Waals surface area contributed by atoms with Gasteiger partial charge in [-0.3, -0.25) is 14.8 Å². The highest BCUT2D eigenvalue weighted by molar-refractivity contribution is 6.00. The topological polar surface area (TPSA) is 115 Å². The number of anilines is 2. The Kier molecular flexibility index (Phi) is 7.74. The fourth-order valence-electron chi connectivity index (χ4n) is 3.88. The van der Waals surface area contributed by atoms with E-state index in [1.165, 1.54) is 6.08 Å². The maximum absolute atomic E-state index is 12.0. The molecule has 0 aliphatic heterocycles. The van der Waals surface area contributed by atoms with Crippen LogP contribution >= 0.6 is 0 Å². The average Bonchev–Trinajstić information content (AvgIpc) is 3.56. The van der Waals surface area contributed by atoms with E-state index in [0.29, 0.717) is 29.5 Å². The number of methoxy groups -OCH3 is 1. The second-order valence-corrected chi connectivity index (χ2v) is 8.94. The number of nitrogens with one attached hydrogen (secondary N) is 2. The van der Waals surface area contributed by atoms with Gasteiger partial charge >= 0.3 is 0 Å². The summed E-state index contributed by atoms with van der Waals surface area (Å²) >= 11 is 0. The van der Waals surface area contributed by atoms with Crippen LogP contribution in [0.2, 0.25) is 0 Å². The predicted molar refractivity (Wildman–Crippen MR) is 151 cm³/mol. The van der Waals surface area contributed by atoms with Crippen molar-refractivity contribution in [3.05, 3.63) is 66.9 Å². The van der Waals surface area contributed by atoms with E-state index in [1.807, 2.05) is 31.5 Å². The van der Waals surface area contributed by atoms with Gasteiger partial charge in [-0.15, -0.1) is 0 Å². The van der Waals surface area contributed by atoms with Gasteiger partial charge in [0.15, 0.2) is 0 Å². The molecule has 1 fully saturated rings. The summed E-state index contributed by atoms with van der Waals surface area (Å²) in [6.45, 7) is 7.85. The number of rotatable bonds is 12. The number of carbonyl (C=O) groups excluding carboxylic acids is 1. The zero-order valence-corrected chi connectivity index (χ0v) is 21.2. The van der Waals surface area contributed by atoms with Crippen LogP contribution in [-0.4, -0.2) is 49.3 Å². The lowest BCUT2D eigenvalue weighted by molar-refractivity contribution is -0.111. The lowest BCUT2D eigenvalue weighted by Gasteiger charge is -2.18. The maximum Gasteiger partial charge on any atom is 0.247 e. The Morgan fingerprint density at radius 3 is 2.73 bits per heavy atom. The number of para-hydroxylation sites is 1. The third-order valence-electron chi connectivity index (χ3n) is 6.19. The summed E-state index contributed by atoms with van der Waals surface area (Å²) in [5, 5.41) is 7.09. The first-order valence-corrected chi connectivity index (χ1v) is 11.9. The third-order valence-corrected chi connectivity index (χ3v) is 6.19. The second kappa shape index (κ2) is 11.1. The molecule has 0 spiro atoms. The molecule has 0 atom stereocenters. The summed E-state index contributed by atoms with van der Waals surface area (Å²) in [5.41, 5.74) is 9.79. The molecular weight excluding hydrogens is 468 g/mol. The molecule has 0 unspecified atom stereocenters. The van der Waals surface area contributed by atoms with Crippen LogP contribution in [-0.2, 0) is 11.8 Å². The minimum Gasteiger partial charge on any atom is -0.494 e. The lowest BCUT2D eigenvalue weighted by Crippen LogP contribution is -2.30. The van der Waals surface area contributed by atoms with Gasteiger partial charge in [0.05, 0.1) is 29.7 Å². The van der Waals surface area contributed by atoms with E-state index in [1.54, 1.807) is 25.5 Å². The number of aryl methyl sites for hydroxylation is 1. The number of carbonyl (C=O) groups is 1. The SMILES string of the molecule is C=CC(=O)Nc1cc(NC/N=C\C=C(/N=C)c2cn(C)c3ccccc23)c(OC)cc1OCC1(N)CC1. The summed E-state index contributed by atoms with van der Waals surface area (Å²) in [4.78, 5) is 20.6. The zero-order chi connectivity index (χ0) is 26.4. The highest BCUT2D eigenvalue weighted by Gasteiger charge is 2.39. The highest BCUT2D eigenvalue weighted by atomic mass is 16.5. The molecule has 0 radical (unpaired) electrons. The Balaban J connectivity index is 1.49. The summed E-state index contributed by atoms with van der Waals surface area (Å²) in [6.07, 6.45) is 8.55. The molecule has 1 aliphatic rings. The van der Waals surface area contributed by atoms with E-state index in [4.69, 9.17) is 15.2 Å². The molecule has 9 nitrogen and oxygen atoms in total. The molecule has 37 heavy (non-hydrogen) atoms. The summed E-state index contributed by atoms with van der Waals surface area (Å²) in [5.74, 6) is 0.664. The smallest absolute Gasteiger partial charge is 0.247 e. The van der Waals surface area contributed by atoms with Gasteiger partial charge in [-0.25, -0.2) is 0 Å². The molecule has 9 heteroatoms. The van der Waals surface area contributed by atoms with Gasteiger partial charge in [-0.05, 0) is 43.8 Å². The monoisotopic (exact) mass is 500 g/mol. The van der Waals surface area contributed by atoms with Crippen molar-refractivity contribution < 1.29 is 14.3 Å². The molecule has 0 saturated heterocycles. The van der Waals surface area contributed by atoms with Crippen LogP contribution in [0.5, 0.6) is 11.5 Å². The van der Waals surface area contributed by atoms with Crippen LogP contribution in [0.25, 0.3) is 16.6 Å². The van der Waals surface area contributed by atoms with Crippen molar-refractivity contribution in [2.45, 2.75) is 18.4 Å². The van der Waals surface area contributed by atoms with E-state index in [0.717, 1.165) is 35.0 Å². The fourth-order valence-corrected chi connectivity index (χ4v) is 3.88. The number of allylic oxidation sites excluding steroid dienone is 1. The number of hydrogen-bond acceptors (Lipinski definition) is 7. The van der Waals surface area contributed by atoms with Crippen LogP contribution in [0.3, 0.4) is 0 Å². The maximum atomic E-state index is 12.0. The van der Waals surface area contributed by atoms with Gasteiger partial charge in [0, 0.05) is 42.0 Å². The summed E-state index contributed by atoms with van der Waals surface area (Å²) < 4.78 is 13.5. The molecular formula is C28H32N6O3. The second-order valence-electron chi connectivity index (χ2n) is 8.94. The van der Waals surface area contributed by atoms with E-state index >= 15 is 0 Å². The Hall–Kier alpha value is -4.37. The van der Waals surface area contributed by atoms with Crippen molar-refractivity contribution in [1.82, 2.24) is 4.57 Å². The van der Waals surface area contributed by atoms with E-state index in [9.17, 15) is 4.79 Å². The van der Waals surface area contributed by atoms with Crippen molar-refractivity contribution in [3.8, 4) is 11.5 Å². The van der Waals surface area contributed by atoms with Crippen molar-refractivity contribution in [3.63, 3.8) is 0 Å². The van der Waals surface area contributed by atoms with Gasteiger partial charge < -0.3 is 30.4 Å². The number of ether oxygens (including phenoxy) is 2. The standard InChI is InChI=1S/C28H32N6O3/c1-5-27(35)33-23-14-22(25(36-4)15-26(23)37-17-28(29)11-12-28)32-18-31-13-10-21(30-2)20-16-34(3)24-9-7-6-8-19(20)24/h5-10,13-16,32H,1-2,11-12,17-18,29H2,3-4H3,(H,33,35)/b21-10-,31-13-. The molecule has 1 amide bonds. The summed E-state index contributed by atoms with van der Waals surface area (Å²) in [7, 11) is 3.57. The third kappa shape index (κ3) is 6.07. The number of aliphatic imine (C=N–C) groups is 2. The van der Waals surface area contributed by atoms with Crippen LogP contribution in [0, 0.1) is 0 Å². The Bertz CT molecular complexity index is 1380. The molecule has 2 aromatic carbocycles. The van der Waals surface area contributed by atoms with Crippen LogP contribution in [0.1, 0.15) is 18.4 Å². The molecule has 4 N–H and O–H groups in total. The Morgan fingerprint density at radius 1 is 1.24 bits per heavy atom. The number of nitrogens with two attached hydrogens (primary N) is 1. The molecule has 192 valence electrons. The number of amides is 1. The van der Waals surface area contributed by atoms with E-state index in [2.05, 4.69) is 50.6 Å². The van der Waals surface area contributed by atoms with Crippen molar-refractivity contribution in [1.29, 1.82) is 0 Å². The predicted octanol–water partition coefficient (Wildman–Crippen LogP) is 4.36. The molecule has 1 heterocycles. The largest absolute Gasteiger partial charge is 0.494 e. The molecule has 1 aliphatic carbocycles. The van der Waals surface area contributed by atoms with Gasteiger partial charge in [0.2, 0.25) is 5.91 Å².